The molecule has 90 valence electrons. The van der Waals surface area contributed by atoms with Gasteiger partial charge in [0.25, 0.3) is 6.47 Å². The smallest absolute Gasteiger partial charge is 0.297 e. The number of carbonyl (C=O) groups is 1. The first-order valence-corrected chi connectivity index (χ1v) is 6.10. The highest BCUT2D eigenvalue weighted by atomic mass is 16.5. The van der Waals surface area contributed by atoms with Crippen molar-refractivity contribution < 1.29 is 9.53 Å². The highest BCUT2D eigenvalue weighted by molar-refractivity contribution is 5.38. The van der Waals surface area contributed by atoms with E-state index in [1.54, 1.807) is 6.26 Å². The molecule has 0 aliphatic heterocycles. The molecule has 0 amide bonds. The first kappa shape index (κ1) is 16.6. The van der Waals surface area contributed by atoms with E-state index in [0.29, 0.717) is 12.4 Å². The van der Waals surface area contributed by atoms with Gasteiger partial charge >= 0.3 is 0 Å². The van der Waals surface area contributed by atoms with E-state index in [2.05, 4.69) is 4.74 Å². The largest absolute Gasteiger partial charge is 0.437 e. The molecule has 0 atom stereocenters. The summed E-state index contributed by atoms with van der Waals surface area (Å²) >= 11 is 0. The van der Waals surface area contributed by atoms with Crippen molar-refractivity contribution in [2.75, 3.05) is 0 Å². The fourth-order valence-electron chi connectivity index (χ4n) is 1.61. The Morgan fingerprint density at radius 3 is 2.00 bits per heavy atom. The third kappa shape index (κ3) is 8.22. The summed E-state index contributed by atoms with van der Waals surface area (Å²) in [5, 5.41) is 0. The Bertz CT molecular complexity index is 156. The summed E-state index contributed by atoms with van der Waals surface area (Å²) in [6, 6.07) is 0. The van der Waals surface area contributed by atoms with E-state index in [9.17, 15) is 4.79 Å². The maximum atomic E-state index is 9.86. The van der Waals surface area contributed by atoms with Gasteiger partial charge in [-0.2, -0.15) is 0 Å². The van der Waals surface area contributed by atoms with Crippen molar-refractivity contribution in [3.63, 3.8) is 0 Å². The number of allylic oxidation sites excluding steroid dienone is 1. The summed E-state index contributed by atoms with van der Waals surface area (Å²) in [7, 11) is 0. The zero-order valence-corrected chi connectivity index (χ0v) is 10.9. The Kier molecular flexibility index (Phi) is 14.6. The van der Waals surface area contributed by atoms with Crippen molar-refractivity contribution in [2.24, 2.45) is 5.92 Å². The van der Waals surface area contributed by atoms with Crippen molar-refractivity contribution >= 4 is 6.47 Å². The van der Waals surface area contributed by atoms with Crippen molar-refractivity contribution in [2.45, 2.75) is 60.3 Å². The van der Waals surface area contributed by atoms with E-state index in [1.165, 1.54) is 31.3 Å². The van der Waals surface area contributed by atoms with Crippen LogP contribution in [0.15, 0.2) is 11.8 Å². The number of hydrogen-bond acceptors (Lipinski definition) is 2. The summed E-state index contributed by atoms with van der Waals surface area (Å²) < 4.78 is 4.57. The Labute approximate surface area is 94.7 Å². The average molecular weight is 214 g/mol. The van der Waals surface area contributed by atoms with Crippen LogP contribution in [0.5, 0.6) is 0 Å². The maximum Gasteiger partial charge on any atom is 0.297 e. The lowest BCUT2D eigenvalue weighted by molar-refractivity contribution is -0.123. The number of ether oxygens (including phenoxy) is 1. The summed E-state index contributed by atoms with van der Waals surface area (Å²) in [6.45, 7) is 10.5. The zero-order valence-electron chi connectivity index (χ0n) is 10.9. The molecule has 15 heavy (non-hydrogen) atoms. The highest BCUT2D eigenvalue weighted by Gasteiger charge is 2.16. The molecule has 0 heterocycles. The summed E-state index contributed by atoms with van der Waals surface area (Å²) in [5.74, 6) is 0.662. The van der Waals surface area contributed by atoms with E-state index in [-0.39, 0.29) is 0 Å². The molecule has 0 radical (unpaired) electrons. The van der Waals surface area contributed by atoms with Crippen molar-refractivity contribution in [3.05, 3.63) is 11.8 Å². The fourth-order valence-corrected chi connectivity index (χ4v) is 1.61. The Balaban J connectivity index is 0. The van der Waals surface area contributed by atoms with Gasteiger partial charge in [0.1, 0.15) is 0 Å². The van der Waals surface area contributed by atoms with Crippen LogP contribution in [-0.4, -0.2) is 6.47 Å². The van der Waals surface area contributed by atoms with Gasteiger partial charge in [0.2, 0.25) is 0 Å². The molecule has 2 nitrogen and oxygen atoms in total. The lowest BCUT2D eigenvalue weighted by Gasteiger charge is -2.07. The third-order valence-corrected chi connectivity index (χ3v) is 2.31. The molecule has 1 rings (SSSR count). The van der Waals surface area contributed by atoms with E-state index >= 15 is 0 Å². The Hall–Kier alpha value is -0.790. The summed E-state index contributed by atoms with van der Waals surface area (Å²) in [6.07, 6.45) is 6.71. The van der Waals surface area contributed by atoms with Gasteiger partial charge < -0.3 is 4.74 Å². The molecule has 0 aromatic carbocycles. The van der Waals surface area contributed by atoms with Crippen molar-refractivity contribution in [1.29, 1.82) is 0 Å². The second-order valence-electron chi connectivity index (χ2n) is 3.08. The van der Waals surface area contributed by atoms with Crippen LogP contribution in [0.3, 0.4) is 0 Å². The van der Waals surface area contributed by atoms with Crippen LogP contribution in [0.1, 0.15) is 60.3 Å². The molecule has 1 aliphatic carbocycles. The molecule has 1 saturated carbocycles. The summed E-state index contributed by atoms with van der Waals surface area (Å²) in [4.78, 5) is 9.86. The molecule has 1 fully saturated rings. The number of rotatable bonds is 3. The molecule has 0 aromatic rings. The second-order valence-corrected chi connectivity index (χ2v) is 3.08. The highest BCUT2D eigenvalue weighted by Crippen LogP contribution is 2.30. The van der Waals surface area contributed by atoms with E-state index in [0.717, 1.165) is 0 Å². The normalized spacial score (nSPS) is 15.7. The van der Waals surface area contributed by atoms with Crippen LogP contribution in [0, 0.1) is 5.92 Å². The quantitative estimate of drug-likeness (QED) is 0.517. The van der Waals surface area contributed by atoms with Crippen LogP contribution < -0.4 is 0 Å². The lowest BCUT2D eigenvalue weighted by Crippen LogP contribution is -1.95. The van der Waals surface area contributed by atoms with Gasteiger partial charge in [-0.05, 0) is 31.3 Å². The van der Waals surface area contributed by atoms with Gasteiger partial charge in [-0.25, -0.2) is 0 Å². The van der Waals surface area contributed by atoms with Gasteiger partial charge in [0, 0.05) is 0 Å². The van der Waals surface area contributed by atoms with Crippen molar-refractivity contribution in [1.82, 2.24) is 0 Å². The molecule has 1 aliphatic rings. The predicted molar refractivity (Wildman–Crippen MR) is 65.6 cm³/mol. The maximum absolute atomic E-state index is 9.86. The molecule has 0 N–H and O–H groups in total. The van der Waals surface area contributed by atoms with Gasteiger partial charge in [0.15, 0.2) is 0 Å². The predicted octanol–water partition coefficient (Wildman–Crippen LogP) is 4.31. The molecular weight excluding hydrogens is 188 g/mol. The Morgan fingerprint density at radius 1 is 1.13 bits per heavy atom. The molecule has 2 heteroatoms. The standard InChI is InChI=1S/C9H14O2.2C2H6/c1-8(6-11-7-10)9-4-2-3-5-9;2*1-2/h6-7,9H,2-5H2,1H3;2*1-2H3/b8-6-;;. The van der Waals surface area contributed by atoms with Gasteiger partial charge in [-0.15, -0.1) is 0 Å². The molecule has 0 bridgehead atoms. The second kappa shape index (κ2) is 13.2. The van der Waals surface area contributed by atoms with Crippen LogP contribution >= 0.6 is 0 Å². The van der Waals surface area contributed by atoms with Crippen molar-refractivity contribution in [3.8, 4) is 0 Å². The van der Waals surface area contributed by atoms with Crippen LogP contribution in [0.4, 0.5) is 0 Å². The molecule has 0 unspecified atom stereocenters. The molecule has 0 aromatic heterocycles. The zero-order chi connectivity index (χ0) is 12.1. The van der Waals surface area contributed by atoms with E-state index < -0.39 is 0 Å². The molecule has 0 saturated heterocycles. The van der Waals surface area contributed by atoms with Gasteiger partial charge in [-0.1, -0.05) is 40.5 Å². The lowest BCUT2D eigenvalue weighted by atomic mass is 10.0. The Morgan fingerprint density at radius 2 is 1.60 bits per heavy atom. The molecule has 0 spiro atoms. The number of carbonyl (C=O) groups excluding carboxylic acids is 1. The van der Waals surface area contributed by atoms with E-state index in [4.69, 9.17) is 0 Å². The minimum atomic E-state index is 0.471. The third-order valence-electron chi connectivity index (χ3n) is 2.31. The fraction of sp³-hybridized carbons (Fsp3) is 0.769. The van der Waals surface area contributed by atoms with E-state index in [1.807, 2.05) is 34.6 Å². The minimum Gasteiger partial charge on any atom is -0.437 e. The number of hydrogen-bond donors (Lipinski definition) is 0. The monoisotopic (exact) mass is 214 g/mol. The minimum absolute atomic E-state index is 0.471. The topological polar surface area (TPSA) is 26.3 Å². The van der Waals surface area contributed by atoms with Crippen LogP contribution in [-0.2, 0) is 9.53 Å². The first-order chi connectivity index (χ1) is 7.34. The van der Waals surface area contributed by atoms with Gasteiger partial charge in [0.05, 0.1) is 6.26 Å². The SMILES string of the molecule is C/C(=C/OC=O)C1CCCC1.CC.CC. The summed E-state index contributed by atoms with van der Waals surface area (Å²) in [5.41, 5.74) is 1.20. The van der Waals surface area contributed by atoms with Crippen LogP contribution in [0.25, 0.3) is 0 Å². The van der Waals surface area contributed by atoms with Crippen LogP contribution in [0.2, 0.25) is 0 Å². The average Bonchev–Trinajstić information content (AvgIpc) is 2.85. The molecular formula is C13H26O2. The van der Waals surface area contributed by atoms with Gasteiger partial charge in [-0.3, -0.25) is 4.79 Å². The first-order valence-electron chi connectivity index (χ1n) is 6.10.